The summed E-state index contributed by atoms with van der Waals surface area (Å²) in [5.74, 6) is -1.14. The molecule has 0 bridgehead atoms. The molecule has 0 saturated heterocycles. The number of carbonyl (C=O) groups is 2. The van der Waals surface area contributed by atoms with E-state index in [9.17, 15) is 9.59 Å². The van der Waals surface area contributed by atoms with Gasteiger partial charge in [0.1, 0.15) is 0 Å². The molecule has 1 amide bonds. The highest BCUT2D eigenvalue weighted by atomic mass is 16.5. The van der Waals surface area contributed by atoms with Crippen LogP contribution in [0.15, 0.2) is 0 Å². The van der Waals surface area contributed by atoms with Gasteiger partial charge in [0.25, 0.3) is 0 Å². The fourth-order valence-corrected chi connectivity index (χ4v) is 0.972. The first-order valence-corrected chi connectivity index (χ1v) is 4.80. The molecule has 0 aliphatic carbocycles. The molecule has 0 radical (unpaired) electrons. The molecule has 16 heavy (non-hydrogen) atoms. The second-order valence-electron chi connectivity index (χ2n) is 3.14. The van der Waals surface area contributed by atoms with Crippen molar-refractivity contribution < 1.29 is 24.2 Å². The summed E-state index contributed by atoms with van der Waals surface area (Å²) in [7, 11) is 2.61. The highest BCUT2D eigenvalue weighted by molar-refractivity contribution is 5.79. The SMILES string of the molecule is COC(=O)C(O)CNC(=O)CC(CN)OC. The number of ether oxygens (including phenoxy) is 2. The number of hydrogen-bond acceptors (Lipinski definition) is 6. The molecule has 0 rings (SSSR count). The van der Waals surface area contributed by atoms with Gasteiger partial charge in [-0.1, -0.05) is 0 Å². The Balaban J connectivity index is 3.84. The van der Waals surface area contributed by atoms with Gasteiger partial charge in [0.2, 0.25) is 5.91 Å². The number of methoxy groups -OCH3 is 2. The van der Waals surface area contributed by atoms with E-state index in [0.29, 0.717) is 0 Å². The Morgan fingerprint density at radius 3 is 2.50 bits per heavy atom. The van der Waals surface area contributed by atoms with E-state index in [0.717, 1.165) is 7.11 Å². The highest BCUT2D eigenvalue weighted by Gasteiger charge is 2.17. The summed E-state index contributed by atoms with van der Waals surface area (Å²) in [6.45, 7) is 0.0377. The molecular weight excluding hydrogens is 216 g/mol. The monoisotopic (exact) mass is 234 g/mol. The molecule has 2 atom stereocenters. The smallest absolute Gasteiger partial charge is 0.336 e. The highest BCUT2D eigenvalue weighted by Crippen LogP contribution is 1.94. The average Bonchev–Trinajstić information content (AvgIpc) is 2.31. The molecule has 0 aliphatic heterocycles. The van der Waals surface area contributed by atoms with Gasteiger partial charge in [-0.25, -0.2) is 4.79 Å². The van der Waals surface area contributed by atoms with Gasteiger partial charge in [-0.05, 0) is 0 Å². The van der Waals surface area contributed by atoms with Crippen LogP contribution in [0, 0.1) is 0 Å². The summed E-state index contributed by atoms with van der Waals surface area (Å²) in [4.78, 5) is 22.1. The molecule has 0 spiro atoms. The Bertz CT molecular complexity index is 230. The van der Waals surface area contributed by atoms with Gasteiger partial charge in [0.05, 0.1) is 26.2 Å². The molecular formula is C9H18N2O5. The van der Waals surface area contributed by atoms with Crippen molar-refractivity contribution in [2.24, 2.45) is 5.73 Å². The summed E-state index contributed by atoms with van der Waals surface area (Å²) in [6, 6.07) is 0. The Kier molecular flexibility index (Phi) is 7.44. The minimum atomic E-state index is -1.35. The minimum Gasteiger partial charge on any atom is -0.467 e. The Morgan fingerprint density at radius 1 is 1.44 bits per heavy atom. The fraction of sp³-hybridized carbons (Fsp3) is 0.778. The normalized spacial score (nSPS) is 14.0. The number of carbonyl (C=O) groups excluding carboxylic acids is 2. The summed E-state index contributed by atoms with van der Waals surface area (Å²) in [5, 5.41) is 11.5. The van der Waals surface area contributed by atoms with Crippen LogP contribution in [0.2, 0.25) is 0 Å². The van der Waals surface area contributed by atoms with E-state index in [1.165, 1.54) is 7.11 Å². The van der Waals surface area contributed by atoms with Gasteiger partial charge in [0.15, 0.2) is 6.10 Å². The van der Waals surface area contributed by atoms with Gasteiger partial charge < -0.3 is 25.6 Å². The topological polar surface area (TPSA) is 111 Å². The van der Waals surface area contributed by atoms with Crippen LogP contribution in [0.5, 0.6) is 0 Å². The van der Waals surface area contributed by atoms with Crippen molar-refractivity contribution in [3.63, 3.8) is 0 Å². The number of aliphatic hydroxyl groups is 1. The first-order valence-electron chi connectivity index (χ1n) is 4.80. The van der Waals surface area contributed by atoms with E-state index in [1.54, 1.807) is 0 Å². The third kappa shape index (κ3) is 5.64. The van der Waals surface area contributed by atoms with E-state index >= 15 is 0 Å². The first kappa shape index (κ1) is 14.8. The molecule has 0 saturated carbocycles. The second-order valence-corrected chi connectivity index (χ2v) is 3.14. The van der Waals surface area contributed by atoms with E-state index in [-0.39, 0.29) is 31.5 Å². The standard InChI is InChI=1S/C9H18N2O5/c1-15-6(4-10)3-8(13)11-5-7(12)9(14)16-2/h6-7,12H,3-5,10H2,1-2H3,(H,11,13). The van der Waals surface area contributed by atoms with Crippen LogP contribution in [0.4, 0.5) is 0 Å². The van der Waals surface area contributed by atoms with Gasteiger partial charge in [-0.2, -0.15) is 0 Å². The van der Waals surface area contributed by atoms with Crippen molar-refractivity contribution >= 4 is 11.9 Å². The Morgan fingerprint density at radius 2 is 2.06 bits per heavy atom. The van der Waals surface area contributed by atoms with Crippen molar-refractivity contribution in [1.29, 1.82) is 0 Å². The molecule has 7 nitrogen and oxygen atoms in total. The Labute approximate surface area is 93.9 Å². The molecule has 0 aliphatic rings. The number of amides is 1. The summed E-state index contributed by atoms with van der Waals surface area (Å²) in [6.07, 6.45) is -1.64. The number of nitrogens with two attached hydrogens (primary N) is 1. The van der Waals surface area contributed by atoms with Crippen LogP contribution >= 0.6 is 0 Å². The van der Waals surface area contributed by atoms with Crippen molar-refractivity contribution in [3.05, 3.63) is 0 Å². The lowest BCUT2D eigenvalue weighted by Gasteiger charge is -2.13. The van der Waals surface area contributed by atoms with Crippen molar-refractivity contribution in [1.82, 2.24) is 5.32 Å². The average molecular weight is 234 g/mol. The Hall–Kier alpha value is -1.18. The molecule has 0 heterocycles. The molecule has 0 aromatic rings. The summed E-state index contributed by atoms with van der Waals surface area (Å²) >= 11 is 0. The number of aliphatic hydroxyl groups excluding tert-OH is 1. The zero-order valence-corrected chi connectivity index (χ0v) is 9.43. The van der Waals surface area contributed by atoms with Crippen LogP contribution in [-0.2, 0) is 19.1 Å². The van der Waals surface area contributed by atoms with Crippen LogP contribution in [-0.4, -0.2) is 56.5 Å². The molecule has 0 fully saturated rings. The molecule has 0 aromatic heterocycles. The van der Waals surface area contributed by atoms with Gasteiger partial charge in [-0.3, -0.25) is 4.79 Å². The van der Waals surface area contributed by atoms with Gasteiger partial charge in [-0.15, -0.1) is 0 Å². The van der Waals surface area contributed by atoms with E-state index in [4.69, 9.17) is 15.6 Å². The molecule has 2 unspecified atom stereocenters. The van der Waals surface area contributed by atoms with Crippen LogP contribution < -0.4 is 11.1 Å². The third-order valence-corrected chi connectivity index (χ3v) is 1.98. The first-order chi connectivity index (χ1) is 7.54. The molecule has 7 heteroatoms. The molecule has 4 N–H and O–H groups in total. The van der Waals surface area contributed by atoms with E-state index in [2.05, 4.69) is 10.1 Å². The van der Waals surface area contributed by atoms with Crippen LogP contribution in [0.25, 0.3) is 0 Å². The van der Waals surface area contributed by atoms with Crippen molar-refractivity contribution in [3.8, 4) is 0 Å². The predicted molar refractivity (Wildman–Crippen MR) is 55.5 cm³/mol. The zero-order chi connectivity index (χ0) is 12.6. The zero-order valence-electron chi connectivity index (χ0n) is 9.43. The number of hydrogen-bond donors (Lipinski definition) is 3. The molecule has 0 aromatic carbocycles. The summed E-state index contributed by atoms with van der Waals surface area (Å²) < 4.78 is 9.19. The number of rotatable bonds is 7. The number of nitrogens with one attached hydrogen (secondary N) is 1. The van der Waals surface area contributed by atoms with Crippen LogP contribution in [0.3, 0.4) is 0 Å². The third-order valence-electron chi connectivity index (χ3n) is 1.98. The largest absolute Gasteiger partial charge is 0.467 e. The van der Waals surface area contributed by atoms with Gasteiger partial charge in [0, 0.05) is 13.7 Å². The maximum absolute atomic E-state index is 11.3. The lowest BCUT2D eigenvalue weighted by atomic mass is 10.2. The quantitative estimate of drug-likeness (QED) is 0.439. The van der Waals surface area contributed by atoms with Crippen molar-refractivity contribution in [2.45, 2.75) is 18.6 Å². The lowest BCUT2D eigenvalue weighted by Crippen LogP contribution is -2.39. The predicted octanol–water partition coefficient (Wildman–Crippen LogP) is -2.00. The summed E-state index contributed by atoms with van der Waals surface area (Å²) in [5.41, 5.74) is 5.33. The van der Waals surface area contributed by atoms with E-state index < -0.39 is 12.1 Å². The number of esters is 1. The second kappa shape index (κ2) is 8.03. The van der Waals surface area contributed by atoms with E-state index in [1.807, 2.05) is 0 Å². The minimum absolute atomic E-state index is 0.0842. The maximum atomic E-state index is 11.3. The molecule has 94 valence electrons. The fourth-order valence-electron chi connectivity index (χ4n) is 0.972. The van der Waals surface area contributed by atoms with Gasteiger partial charge >= 0.3 is 5.97 Å². The lowest BCUT2D eigenvalue weighted by molar-refractivity contribution is -0.150. The van der Waals surface area contributed by atoms with Crippen LogP contribution in [0.1, 0.15) is 6.42 Å². The maximum Gasteiger partial charge on any atom is 0.336 e. The van der Waals surface area contributed by atoms with Crippen molar-refractivity contribution in [2.75, 3.05) is 27.3 Å².